The zero-order valence-corrected chi connectivity index (χ0v) is 7.94. The van der Waals surface area contributed by atoms with Gasteiger partial charge in [-0.25, -0.2) is 0 Å². The summed E-state index contributed by atoms with van der Waals surface area (Å²) in [5.41, 5.74) is 1.41. The molecule has 3 nitrogen and oxygen atoms in total. The van der Waals surface area contributed by atoms with Gasteiger partial charge in [-0.1, -0.05) is 18.7 Å². The van der Waals surface area contributed by atoms with E-state index in [1.165, 1.54) is 0 Å². The van der Waals surface area contributed by atoms with Crippen molar-refractivity contribution in [1.82, 2.24) is 0 Å². The maximum absolute atomic E-state index is 9.01. The molecule has 0 fully saturated rings. The molecule has 0 atom stereocenters. The molecule has 0 unspecified atom stereocenters. The second kappa shape index (κ2) is 5.42. The van der Waals surface area contributed by atoms with Gasteiger partial charge in [-0.05, 0) is 23.3 Å². The highest BCUT2D eigenvalue weighted by Gasteiger charge is 2.02. The highest BCUT2D eigenvalue weighted by atomic mass is 16.5. The molecule has 0 radical (unpaired) electrons. The number of hydrogen-bond donors (Lipinski definition) is 2. The zero-order valence-electron chi connectivity index (χ0n) is 7.94. The average molecular weight is 194 g/mol. The van der Waals surface area contributed by atoms with Gasteiger partial charge in [0.1, 0.15) is 12.4 Å². The van der Waals surface area contributed by atoms with E-state index in [1.54, 1.807) is 24.3 Å². The molecule has 0 spiro atoms. The van der Waals surface area contributed by atoms with Crippen molar-refractivity contribution in [3.8, 4) is 5.75 Å². The third-order valence-corrected chi connectivity index (χ3v) is 1.89. The smallest absolute Gasteiger partial charge is 0.120 e. The third-order valence-electron chi connectivity index (χ3n) is 1.89. The van der Waals surface area contributed by atoms with Gasteiger partial charge >= 0.3 is 0 Å². The first-order valence-corrected chi connectivity index (χ1v) is 4.39. The molecule has 0 saturated carbocycles. The molecule has 0 aliphatic carbocycles. The average Bonchev–Trinajstić information content (AvgIpc) is 2.25. The van der Waals surface area contributed by atoms with Crippen LogP contribution in [0.4, 0.5) is 0 Å². The van der Waals surface area contributed by atoms with Crippen LogP contribution in [0, 0.1) is 0 Å². The molecule has 1 aromatic rings. The largest absolute Gasteiger partial charge is 0.490 e. The minimum absolute atomic E-state index is 0.0718. The summed E-state index contributed by atoms with van der Waals surface area (Å²) in [6.45, 7) is 3.80. The summed E-state index contributed by atoms with van der Waals surface area (Å²) in [4.78, 5) is 0. The Bertz CT molecular complexity index is 307. The Morgan fingerprint density at radius 3 is 2.50 bits per heavy atom. The lowest BCUT2D eigenvalue weighted by atomic mass is 10.1. The lowest BCUT2D eigenvalue weighted by Gasteiger charge is -2.08. The lowest BCUT2D eigenvalue weighted by Crippen LogP contribution is -1.97. The second-order valence-corrected chi connectivity index (χ2v) is 2.85. The van der Waals surface area contributed by atoms with E-state index in [0.29, 0.717) is 17.9 Å². The van der Waals surface area contributed by atoms with Crippen molar-refractivity contribution in [3.63, 3.8) is 0 Å². The van der Waals surface area contributed by atoms with Crippen LogP contribution in [-0.2, 0) is 13.2 Å². The molecule has 2 N–H and O–H groups in total. The van der Waals surface area contributed by atoms with E-state index in [2.05, 4.69) is 6.58 Å². The standard InChI is InChI=1S/C11H14O3/c1-2-5-14-11-4-3-9(7-12)10(6-11)8-13/h2-4,6,12-13H,1,5,7-8H2. The van der Waals surface area contributed by atoms with E-state index in [4.69, 9.17) is 14.9 Å². The van der Waals surface area contributed by atoms with Gasteiger partial charge in [0.15, 0.2) is 0 Å². The van der Waals surface area contributed by atoms with Gasteiger partial charge in [0, 0.05) is 0 Å². The number of hydrogen-bond acceptors (Lipinski definition) is 3. The van der Waals surface area contributed by atoms with Gasteiger partial charge in [0.2, 0.25) is 0 Å². The maximum atomic E-state index is 9.01. The Kier molecular flexibility index (Phi) is 4.16. The van der Waals surface area contributed by atoms with E-state index in [1.807, 2.05) is 0 Å². The Labute approximate surface area is 83.3 Å². The monoisotopic (exact) mass is 194 g/mol. The summed E-state index contributed by atoms with van der Waals surface area (Å²) >= 11 is 0. The topological polar surface area (TPSA) is 49.7 Å². The molecule has 0 heterocycles. The molecule has 1 rings (SSSR count). The number of aliphatic hydroxyl groups is 2. The Hall–Kier alpha value is -1.32. The number of ether oxygens (including phenoxy) is 1. The third kappa shape index (κ3) is 2.58. The first kappa shape index (κ1) is 10.8. The van der Waals surface area contributed by atoms with Crippen molar-refractivity contribution in [2.45, 2.75) is 13.2 Å². The fourth-order valence-electron chi connectivity index (χ4n) is 1.15. The molecular formula is C11H14O3. The van der Waals surface area contributed by atoms with Crippen LogP contribution in [0.3, 0.4) is 0 Å². The van der Waals surface area contributed by atoms with E-state index in [9.17, 15) is 0 Å². The fraction of sp³-hybridized carbons (Fsp3) is 0.273. The van der Waals surface area contributed by atoms with Gasteiger partial charge in [-0.2, -0.15) is 0 Å². The molecule has 0 aromatic heterocycles. The quantitative estimate of drug-likeness (QED) is 0.693. The van der Waals surface area contributed by atoms with Crippen LogP contribution in [0.15, 0.2) is 30.9 Å². The second-order valence-electron chi connectivity index (χ2n) is 2.85. The number of rotatable bonds is 5. The van der Waals surface area contributed by atoms with E-state index >= 15 is 0 Å². The summed E-state index contributed by atoms with van der Waals surface area (Å²) < 4.78 is 5.29. The molecular weight excluding hydrogens is 180 g/mol. The first-order chi connectivity index (χ1) is 6.81. The summed E-state index contributed by atoms with van der Waals surface area (Å²) in [6, 6.07) is 5.22. The van der Waals surface area contributed by atoms with Crippen LogP contribution < -0.4 is 4.74 Å². The van der Waals surface area contributed by atoms with Crippen molar-refractivity contribution in [2.24, 2.45) is 0 Å². The van der Waals surface area contributed by atoms with E-state index in [0.717, 1.165) is 5.56 Å². The van der Waals surface area contributed by atoms with Crippen molar-refractivity contribution in [1.29, 1.82) is 0 Å². The zero-order chi connectivity index (χ0) is 10.4. The van der Waals surface area contributed by atoms with E-state index in [-0.39, 0.29) is 13.2 Å². The SMILES string of the molecule is C=CCOc1ccc(CO)c(CO)c1. The summed E-state index contributed by atoms with van der Waals surface area (Å²) in [5, 5.41) is 18.0. The van der Waals surface area contributed by atoms with Crippen LogP contribution >= 0.6 is 0 Å². The maximum Gasteiger partial charge on any atom is 0.120 e. The van der Waals surface area contributed by atoms with Crippen molar-refractivity contribution in [3.05, 3.63) is 42.0 Å². The van der Waals surface area contributed by atoms with Gasteiger partial charge in [0.25, 0.3) is 0 Å². The molecule has 14 heavy (non-hydrogen) atoms. The molecule has 1 aromatic carbocycles. The highest BCUT2D eigenvalue weighted by Crippen LogP contribution is 2.18. The van der Waals surface area contributed by atoms with E-state index < -0.39 is 0 Å². The molecule has 3 heteroatoms. The predicted molar refractivity (Wildman–Crippen MR) is 54.0 cm³/mol. The molecule has 0 amide bonds. The van der Waals surface area contributed by atoms with Crippen LogP contribution in [0.5, 0.6) is 5.75 Å². The van der Waals surface area contributed by atoms with Crippen LogP contribution in [0.1, 0.15) is 11.1 Å². The van der Waals surface area contributed by atoms with Crippen molar-refractivity contribution >= 4 is 0 Å². The van der Waals surface area contributed by atoms with Crippen LogP contribution in [-0.4, -0.2) is 16.8 Å². The van der Waals surface area contributed by atoms with Gasteiger partial charge in [-0.3, -0.25) is 0 Å². The molecule has 0 bridgehead atoms. The summed E-state index contributed by atoms with van der Waals surface area (Å²) in [5.74, 6) is 0.672. The van der Waals surface area contributed by atoms with Crippen LogP contribution in [0.2, 0.25) is 0 Å². The normalized spacial score (nSPS) is 9.86. The highest BCUT2D eigenvalue weighted by molar-refractivity contribution is 5.35. The minimum atomic E-state index is -0.0960. The number of benzene rings is 1. The minimum Gasteiger partial charge on any atom is -0.490 e. The van der Waals surface area contributed by atoms with Crippen LogP contribution in [0.25, 0.3) is 0 Å². The molecule has 76 valence electrons. The molecule has 0 aliphatic rings. The van der Waals surface area contributed by atoms with Crippen molar-refractivity contribution < 1.29 is 14.9 Å². The molecule has 0 aliphatic heterocycles. The Morgan fingerprint density at radius 2 is 1.93 bits per heavy atom. The van der Waals surface area contributed by atoms with Gasteiger partial charge in [0.05, 0.1) is 13.2 Å². The van der Waals surface area contributed by atoms with Gasteiger partial charge < -0.3 is 14.9 Å². The van der Waals surface area contributed by atoms with Gasteiger partial charge in [-0.15, -0.1) is 0 Å². The fourth-order valence-corrected chi connectivity index (χ4v) is 1.15. The predicted octanol–water partition coefficient (Wildman–Crippen LogP) is 1.24. The lowest BCUT2D eigenvalue weighted by molar-refractivity contribution is 0.259. The number of aliphatic hydroxyl groups excluding tert-OH is 2. The Morgan fingerprint density at radius 1 is 1.21 bits per heavy atom. The summed E-state index contributed by atoms with van der Waals surface area (Å²) in [6.07, 6.45) is 1.65. The Balaban J connectivity index is 2.83. The first-order valence-electron chi connectivity index (χ1n) is 4.39. The van der Waals surface area contributed by atoms with Crippen molar-refractivity contribution in [2.75, 3.05) is 6.61 Å². The summed E-state index contributed by atoms with van der Waals surface area (Å²) in [7, 11) is 0. The molecule has 0 saturated heterocycles.